The molecule has 0 N–H and O–H groups in total. The highest BCUT2D eigenvalue weighted by Crippen LogP contribution is 2.58. The molecular weight excluding hydrogens is 1090 g/mol. The normalized spacial score (nSPS) is 16.0. The minimum atomic E-state index is -1.47. The molecular formula is C85H70BN3O. The molecule has 90 heavy (non-hydrogen) atoms. The van der Waals surface area contributed by atoms with Crippen LogP contribution in [-0.4, -0.2) is 15.8 Å². The molecule has 0 saturated carbocycles. The zero-order valence-electron chi connectivity index (χ0n) is 64.6. The van der Waals surface area contributed by atoms with Crippen LogP contribution in [0.1, 0.15) is 119 Å². The monoisotopic (exact) mass is 1170 g/mol. The van der Waals surface area contributed by atoms with E-state index in [1.807, 2.05) is 97.1 Å². The van der Waals surface area contributed by atoms with E-state index in [9.17, 15) is 11.0 Å². The third-order valence-electron chi connectivity index (χ3n) is 19.2. The van der Waals surface area contributed by atoms with Gasteiger partial charge in [-0.15, -0.1) is 0 Å². The first-order chi connectivity index (χ1) is 48.9. The van der Waals surface area contributed by atoms with Crippen molar-refractivity contribution in [1.29, 1.82) is 0 Å². The molecule has 0 bridgehead atoms. The molecule has 5 heteroatoms. The quantitative estimate of drug-likeness (QED) is 0.160. The molecule has 0 saturated heterocycles. The predicted octanol–water partition coefficient (Wildman–Crippen LogP) is 20.2. The standard InChI is InChI=1S/C85H70BN3O/c1-82(2,3)56-37-43-74(63(47-56)54-26-14-11-15-27-54)89-77-51-59(87-75-44-38-57(83(4,5)6)48-64(75)65-49-58(84(7,8)9)39-45-76(65)87)40-42-71(77)86-70-41-36-55(53-24-12-10-13-25-53)46-68(70)85(66-30-18-22-34-79(66)90-80-35-23-19-31-67(80)85)69-50-60(52-78(89)81(69)86)88-72-32-20-16-28-61(72)62-29-17-21-33-73(62)88/h10-52H,1-9H3/i10D,12D,13D,16D,17D,20D,21D,24D,25D,28D,29D,32D,33D. The fourth-order valence-corrected chi connectivity index (χ4v) is 14.9. The van der Waals surface area contributed by atoms with Crippen LogP contribution in [0, 0.1) is 0 Å². The summed E-state index contributed by atoms with van der Waals surface area (Å²) in [5.41, 5.74) is 14.1. The summed E-state index contributed by atoms with van der Waals surface area (Å²) < 4.78 is 133. The van der Waals surface area contributed by atoms with Gasteiger partial charge in [-0.3, -0.25) is 0 Å². The van der Waals surface area contributed by atoms with Crippen molar-refractivity contribution in [3.8, 4) is 45.1 Å². The molecule has 17 rings (SSSR count). The summed E-state index contributed by atoms with van der Waals surface area (Å²) in [6.45, 7) is 19.3. The van der Waals surface area contributed by atoms with Crippen molar-refractivity contribution in [3.05, 3.63) is 299 Å². The molecule has 1 spiro atoms. The van der Waals surface area contributed by atoms with Gasteiger partial charge in [-0.2, -0.15) is 0 Å². The molecule has 2 aromatic heterocycles. The molecule has 3 aliphatic rings. The third-order valence-corrected chi connectivity index (χ3v) is 19.2. The van der Waals surface area contributed by atoms with E-state index in [-0.39, 0.29) is 55.7 Å². The number of aromatic nitrogens is 2. The van der Waals surface area contributed by atoms with Crippen molar-refractivity contribution in [2.24, 2.45) is 0 Å². The number of hydrogen-bond acceptors (Lipinski definition) is 2. The second-order valence-electron chi connectivity index (χ2n) is 27.5. The van der Waals surface area contributed by atoms with E-state index in [1.54, 1.807) is 4.57 Å². The molecule has 0 atom stereocenters. The highest BCUT2D eigenvalue weighted by molar-refractivity contribution is 6.99. The molecule has 0 radical (unpaired) electrons. The van der Waals surface area contributed by atoms with E-state index in [0.29, 0.717) is 50.7 Å². The average molecular weight is 1170 g/mol. The molecule has 5 heterocycles. The number of ether oxygens (including phenoxy) is 1. The Morgan fingerprint density at radius 3 is 1.52 bits per heavy atom. The van der Waals surface area contributed by atoms with Gasteiger partial charge in [0.2, 0.25) is 6.71 Å². The smallest absolute Gasteiger partial charge is 0.247 e. The van der Waals surface area contributed by atoms with E-state index in [4.69, 9.17) is 11.6 Å². The number of para-hydroxylation sites is 4. The molecule has 0 unspecified atom stereocenters. The lowest BCUT2D eigenvalue weighted by atomic mass is 9.29. The van der Waals surface area contributed by atoms with E-state index in [0.717, 1.165) is 71.9 Å². The first kappa shape index (κ1) is 41.9. The van der Waals surface area contributed by atoms with Gasteiger partial charge in [0.15, 0.2) is 0 Å². The van der Waals surface area contributed by atoms with E-state index in [1.165, 1.54) is 11.1 Å². The molecule has 0 aliphatic carbocycles. The zero-order chi connectivity index (χ0) is 72.5. The highest BCUT2D eigenvalue weighted by Gasteiger charge is 2.55. The minimum absolute atomic E-state index is 0.00814. The summed E-state index contributed by atoms with van der Waals surface area (Å²) in [5.74, 6) is 1.02. The fraction of sp³-hybridized carbons (Fsp3) is 0.153. The van der Waals surface area contributed by atoms with Crippen LogP contribution in [0.15, 0.2) is 261 Å². The van der Waals surface area contributed by atoms with Gasteiger partial charge in [0.05, 0.1) is 51.0 Å². The molecule has 12 aromatic carbocycles. The Hall–Kier alpha value is -10.1. The number of rotatable bonds is 5. The van der Waals surface area contributed by atoms with E-state index < -0.39 is 78.6 Å². The number of hydrogen-bond donors (Lipinski definition) is 0. The Kier molecular flexibility index (Phi) is 9.07. The second-order valence-corrected chi connectivity index (χ2v) is 27.5. The molecule has 4 nitrogen and oxygen atoms in total. The number of nitrogens with zero attached hydrogens (tertiary/aromatic N) is 3. The van der Waals surface area contributed by atoms with Gasteiger partial charge >= 0.3 is 0 Å². The maximum Gasteiger partial charge on any atom is 0.247 e. The van der Waals surface area contributed by atoms with Crippen LogP contribution < -0.4 is 26.0 Å². The van der Waals surface area contributed by atoms with E-state index in [2.05, 4.69) is 157 Å². The van der Waals surface area contributed by atoms with Gasteiger partial charge in [0.25, 0.3) is 0 Å². The topological polar surface area (TPSA) is 22.3 Å². The van der Waals surface area contributed by atoms with Gasteiger partial charge in [0.1, 0.15) is 11.5 Å². The van der Waals surface area contributed by atoms with Gasteiger partial charge in [-0.1, -0.05) is 243 Å². The van der Waals surface area contributed by atoms with Gasteiger partial charge in [0, 0.05) is 61.0 Å². The zero-order valence-corrected chi connectivity index (χ0v) is 51.6. The molecule has 0 fully saturated rings. The highest BCUT2D eigenvalue weighted by atomic mass is 16.5. The van der Waals surface area contributed by atoms with Crippen molar-refractivity contribution in [1.82, 2.24) is 9.13 Å². The lowest BCUT2D eigenvalue weighted by molar-refractivity contribution is 0.435. The maximum absolute atomic E-state index is 10.0. The van der Waals surface area contributed by atoms with Crippen LogP contribution in [0.3, 0.4) is 0 Å². The number of anilines is 3. The largest absolute Gasteiger partial charge is 0.457 e. The molecule has 14 aromatic rings. The first-order valence-corrected chi connectivity index (χ1v) is 30.9. The van der Waals surface area contributed by atoms with Crippen molar-refractivity contribution < 1.29 is 22.6 Å². The summed E-state index contributed by atoms with van der Waals surface area (Å²) in [6, 6.07) is 56.5. The Balaban J connectivity index is 1.11. The van der Waals surface area contributed by atoms with Crippen LogP contribution in [0.5, 0.6) is 11.5 Å². The van der Waals surface area contributed by atoms with Crippen LogP contribution in [0.2, 0.25) is 0 Å². The second kappa shape index (κ2) is 19.5. The molecule has 434 valence electrons. The van der Waals surface area contributed by atoms with Crippen LogP contribution in [0.4, 0.5) is 17.1 Å². The van der Waals surface area contributed by atoms with Crippen LogP contribution in [0.25, 0.3) is 77.2 Å². The van der Waals surface area contributed by atoms with Crippen LogP contribution >= 0.6 is 0 Å². The minimum Gasteiger partial charge on any atom is -0.457 e. The van der Waals surface area contributed by atoms with Crippen molar-refractivity contribution in [2.75, 3.05) is 4.90 Å². The van der Waals surface area contributed by atoms with Gasteiger partial charge < -0.3 is 18.8 Å². The van der Waals surface area contributed by atoms with Crippen molar-refractivity contribution in [2.45, 2.75) is 84.0 Å². The van der Waals surface area contributed by atoms with Gasteiger partial charge in [-0.05, 0) is 157 Å². The summed E-state index contributed by atoms with van der Waals surface area (Å²) in [4.78, 5) is 2.32. The summed E-state index contributed by atoms with van der Waals surface area (Å²) in [5, 5.41) is 2.06. The fourth-order valence-electron chi connectivity index (χ4n) is 14.9. The Morgan fingerprint density at radius 2 is 0.900 bits per heavy atom. The van der Waals surface area contributed by atoms with Crippen LogP contribution in [-0.2, 0) is 21.7 Å². The molecule has 0 amide bonds. The summed E-state index contributed by atoms with van der Waals surface area (Å²) >= 11 is 0. The SMILES string of the molecule is [2H]c1c([2H])c([2H])c(-c2ccc3c(c2)C2(c4ccccc4Oc4ccccc42)c2cc(-n4c5c([2H])c([2H])c([2H])c([2H])c5c5c([2H])c([2H])c([2H])c([2H])c54)cc4c2B3c2ccc(-n3c5ccc(C(C)(C)C)cc5c5cc(C(C)(C)C)ccc53)cc2N4c2ccc(C(C)(C)C)cc2-c2ccccc2)c([2H])c1[2H]. The Morgan fingerprint density at radius 1 is 0.367 bits per heavy atom. The summed E-state index contributed by atoms with van der Waals surface area (Å²) in [6.07, 6.45) is 0. The number of benzene rings is 12. The van der Waals surface area contributed by atoms with Crippen molar-refractivity contribution in [3.63, 3.8) is 0 Å². The van der Waals surface area contributed by atoms with Gasteiger partial charge in [-0.25, -0.2) is 0 Å². The van der Waals surface area contributed by atoms with E-state index >= 15 is 0 Å². The predicted molar refractivity (Wildman–Crippen MR) is 380 cm³/mol. The molecule has 3 aliphatic heterocycles. The number of fused-ring (bicyclic) bond motifs is 16. The Labute approximate surface area is 546 Å². The maximum atomic E-state index is 10.0. The lowest BCUT2D eigenvalue weighted by Crippen LogP contribution is -2.65. The summed E-state index contributed by atoms with van der Waals surface area (Å²) in [7, 11) is 0. The Bertz CT molecular complexity index is 5890. The average Bonchev–Trinajstić information content (AvgIpc) is 0.922. The van der Waals surface area contributed by atoms with Crippen molar-refractivity contribution >= 4 is 83.8 Å². The third kappa shape index (κ3) is 7.94. The lowest BCUT2D eigenvalue weighted by Gasteiger charge is -2.50. The first-order valence-electron chi connectivity index (χ1n) is 37.4.